The van der Waals surface area contributed by atoms with Crippen LogP contribution in [0.3, 0.4) is 0 Å². The van der Waals surface area contributed by atoms with E-state index in [4.69, 9.17) is 4.74 Å². The van der Waals surface area contributed by atoms with Gasteiger partial charge in [0.1, 0.15) is 11.5 Å². The summed E-state index contributed by atoms with van der Waals surface area (Å²) in [6.07, 6.45) is 0. The van der Waals surface area contributed by atoms with E-state index in [1.165, 1.54) is 34.2 Å². The Morgan fingerprint density at radius 1 is 0.969 bits per heavy atom. The van der Waals surface area contributed by atoms with Gasteiger partial charge >= 0.3 is 0 Å². The lowest BCUT2D eigenvalue weighted by atomic mass is 10.1. The number of benzene rings is 3. The van der Waals surface area contributed by atoms with Crippen LogP contribution in [0.15, 0.2) is 77.1 Å². The standard InChI is InChI=1S/C24H22N4O2S2/c1-16-8-6-13-21(17(16)2)26-23-27-28-24(32-23)31-15-22(29)25-18-9-7-12-20(14-18)30-19-10-4-3-5-11-19/h3-14H,15H2,1-2H3,(H,25,29)(H,26,27). The summed E-state index contributed by atoms with van der Waals surface area (Å²) in [5.41, 5.74) is 4.07. The van der Waals surface area contributed by atoms with Gasteiger partial charge in [-0.3, -0.25) is 4.79 Å². The molecule has 4 aromatic rings. The number of carbonyl (C=O) groups is 1. The number of para-hydroxylation sites is 1. The first-order chi connectivity index (χ1) is 15.6. The van der Waals surface area contributed by atoms with Crippen molar-refractivity contribution in [1.29, 1.82) is 0 Å². The number of thioether (sulfide) groups is 1. The Bertz CT molecular complexity index is 1210. The van der Waals surface area contributed by atoms with Gasteiger partial charge in [0.15, 0.2) is 4.34 Å². The molecule has 0 unspecified atom stereocenters. The van der Waals surface area contributed by atoms with Crippen LogP contribution in [0.5, 0.6) is 11.5 Å². The van der Waals surface area contributed by atoms with Crippen molar-refractivity contribution in [3.8, 4) is 11.5 Å². The van der Waals surface area contributed by atoms with Gasteiger partial charge in [-0.1, -0.05) is 59.5 Å². The molecule has 0 bridgehead atoms. The summed E-state index contributed by atoms with van der Waals surface area (Å²) in [5.74, 6) is 1.52. The maximum absolute atomic E-state index is 12.4. The molecule has 8 heteroatoms. The second kappa shape index (κ2) is 10.3. The zero-order chi connectivity index (χ0) is 22.3. The first-order valence-electron chi connectivity index (χ1n) is 9.99. The van der Waals surface area contributed by atoms with E-state index in [0.717, 1.165) is 15.8 Å². The highest BCUT2D eigenvalue weighted by Gasteiger charge is 2.10. The lowest BCUT2D eigenvalue weighted by Gasteiger charge is -2.08. The molecular formula is C24H22N4O2S2. The zero-order valence-electron chi connectivity index (χ0n) is 17.7. The predicted octanol–water partition coefficient (Wildman–Crippen LogP) is 6.42. The summed E-state index contributed by atoms with van der Waals surface area (Å²) in [5, 5.41) is 15.3. The monoisotopic (exact) mass is 462 g/mol. The first-order valence-corrected chi connectivity index (χ1v) is 11.8. The van der Waals surface area contributed by atoms with Crippen LogP contribution < -0.4 is 15.4 Å². The largest absolute Gasteiger partial charge is 0.457 e. The molecule has 1 amide bonds. The molecule has 1 heterocycles. The molecule has 0 atom stereocenters. The molecule has 1 aromatic heterocycles. The molecule has 6 nitrogen and oxygen atoms in total. The molecule has 32 heavy (non-hydrogen) atoms. The van der Waals surface area contributed by atoms with Crippen LogP contribution >= 0.6 is 23.1 Å². The second-order valence-electron chi connectivity index (χ2n) is 7.03. The van der Waals surface area contributed by atoms with Crippen molar-refractivity contribution in [3.63, 3.8) is 0 Å². The number of nitrogens with zero attached hydrogens (tertiary/aromatic N) is 2. The smallest absolute Gasteiger partial charge is 0.234 e. The van der Waals surface area contributed by atoms with Crippen LogP contribution in [0.25, 0.3) is 0 Å². The third-order valence-electron chi connectivity index (χ3n) is 4.68. The third kappa shape index (κ3) is 5.87. The third-order valence-corrected chi connectivity index (χ3v) is 6.65. The van der Waals surface area contributed by atoms with E-state index in [1.54, 1.807) is 6.07 Å². The average Bonchev–Trinajstić information content (AvgIpc) is 3.24. The fraction of sp³-hybridized carbons (Fsp3) is 0.125. The van der Waals surface area contributed by atoms with E-state index in [0.29, 0.717) is 16.6 Å². The zero-order valence-corrected chi connectivity index (χ0v) is 19.3. The van der Waals surface area contributed by atoms with Gasteiger partial charge in [-0.05, 0) is 55.3 Å². The van der Waals surface area contributed by atoms with Crippen LogP contribution in [0.4, 0.5) is 16.5 Å². The summed E-state index contributed by atoms with van der Waals surface area (Å²) in [4.78, 5) is 12.4. The summed E-state index contributed by atoms with van der Waals surface area (Å²) in [7, 11) is 0. The molecular weight excluding hydrogens is 440 g/mol. The highest BCUT2D eigenvalue weighted by atomic mass is 32.2. The molecule has 0 aliphatic heterocycles. The summed E-state index contributed by atoms with van der Waals surface area (Å²) in [6, 6.07) is 22.9. The predicted molar refractivity (Wildman–Crippen MR) is 131 cm³/mol. The molecule has 162 valence electrons. The Labute approximate surface area is 195 Å². The van der Waals surface area contributed by atoms with Gasteiger partial charge in [-0.15, -0.1) is 10.2 Å². The molecule has 0 fully saturated rings. The molecule has 2 N–H and O–H groups in total. The number of rotatable bonds is 8. The van der Waals surface area contributed by atoms with Crippen molar-refractivity contribution in [2.45, 2.75) is 18.2 Å². The Hall–Kier alpha value is -3.36. The minimum absolute atomic E-state index is 0.119. The second-order valence-corrected chi connectivity index (χ2v) is 9.23. The Kier molecular flexibility index (Phi) is 7.03. The van der Waals surface area contributed by atoms with E-state index in [2.05, 4.69) is 40.7 Å². The molecule has 0 aliphatic rings. The summed E-state index contributed by atoms with van der Waals surface area (Å²) < 4.78 is 6.55. The van der Waals surface area contributed by atoms with Crippen LogP contribution in [0, 0.1) is 13.8 Å². The highest BCUT2D eigenvalue weighted by Crippen LogP contribution is 2.30. The van der Waals surface area contributed by atoms with Gasteiger partial charge in [-0.25, -0.2) is 0 Å². The summed E-state index contributed by atoms with van der Waals surface area (Å²) >= 11 is 2.78. The summed E-state index contributed by atoms with van der Waals surface area (Å²) in [6.45, 7) is 4.14. The van der Waals surface area contributed by atoms with Crippen molar-refractivity contribution in [2.75, 3.05) is 16.4 Å². The Morgan fingerprint density at radius 3 is 2.59 bits per heavy atom. The van der Waals surface area contributed by atoms with Crippen molar-refractivity contribution >= 4 is 45.5 Å². The molecule has 0 radical (unpaired) electrons. The van der Waals surface area contributed by atoms with Crippen LogP contribution in [-0.4, -0.2) is 21.9 Å². The average molecular weight is 463 g/mol. The lowest BCUT2D eigenvalue weighted by Crippen LogP contribution is -2.13. The number of carbonyl (C=O) groups excluding carboxylic acids is 1. The van der Waals surface area contributed by atoms with Gasteiger partial charge in [0.25, 0.3) is 0 Å². The van der Waals surface area contributed by atoms with E-state index in [9.17, 15) is 4.79 Å². The van der Waals surface area contributed by atoms with E-state index in [-0.39, 0.29) is 11.7 Å². The molecule has 0 spiro atoms. The maximum Gasteiger partial charge on any atom is 0.234 e. The highest BCUT2D eigenvalue weighted by molar-refractivity contribution is 8.01. The molecule has 4 rings (SSSR count). The number of nitrogens with one attached hydrogen (secondary N) is 2. The van der Waals surface area contributed by atoms with E-state index >= 15 is 0 Å². The molecule has 0 aliphatic carbocycles. The van der Waals surface area contributed by atoms with Crippen molar-refractivity contribution in [3.05, 3.63) is 83.9 Å². The lowest BCUT2D eigenvalue weighted by molar-refractivity contribution is -0.113. The normalized spacial score (nSPS) is 10.6. The first kappa shape index (κ1) is 21.9. The minimum Gasteiger partial charge on any atom is -0.457 e. The SMILES string of the molecule is Cc1cccc(Nc2nnc(SCC(=O)Nc3cccc(Oc4ccccc4)c3)s2)c1C. The maximum atomic E-state index is 12.4. The number of hydrogen-bond donors (Lipinski definition) is 2. The molecule has 3 aromatic carbocycles. The minimum atomic E-state index is -0.119. The number of aryl methyl sites for hydroxylation is 1. The number of amides is 1. The van der Waals surface area contributed by atoms with E-state index < -0.39 is 0 Å². The van der Waals surface area contributed by atoms with Gasteiger partial charge in [0.2, 0.25) is 11.0 Å². The van der Waals surface area contributed by atoms with E-state index in [1.807, 2.05) is 60.7 Å². The quantitative estimate of drug-likeness (QED) is 0.294. The van der Waals surface area contributed by atoms with Crippen LogP contribution in [0.2, 0.25) is 0 Å². The Balaban J connectivity index is 1.30. The van der Waals surface area contributed by atoms with Gasteiger partial charge < -0.3 is 15.4 Å². The van der Waals surface area contributed by atoms with Gasteiger partial charge in [0.05, 0.1) is 5.75 Å². The van der Waals surface area contributed by atoms with Crippen LogP contribution in [0.1, 0.15) is 11.1 Å². The van der Waals surface area contributed by atoms with Crippen molar-refractivity contribution < 1.29 is 9.53 Å². The fourth-order valence-corrected chi connectivity index (χ4v) is 4.47. The number of anilines is 3. The number of hydrogen-bond acceptors (Lipinski definition) is 7. The molecule has 0 saturated carbocycles. The number of ether oxygens (including phenoxy) is 1. The van der Waals surface area contributed by atoms with Crippen LogP contribution in [-0.2, 0) is 4.79 Å². The van der Waals surface area contributed by atoms with Gasteiger partial charge in [0, 0.05) is 17.4 Å². The topological polar surface area (TPSA) is 76.1 Å². The van der Waals surface area contributed by atoms with Gasteiger partial charge in [-0.2, -0.15) is 0 Å². The molecule has 0 saturated heterocycles. The van der Waals surface area contributed by atoms with Crippen molar-refractivity contribution in [2.24, 2.45) is 0 Å². The fourth-order valence-electron chi connectivity index (χ4n) is 2.91. The van der Waals surface area contributed by atoms with Crippen molar-refractivity contribution in [1.82, 2.24) is 10.2 Å². The Morgan fingerprint density at radius 2 is 1.75 bits per heavy atom. The number of aromatic nitrogens is 2.